The van der Waals surface area contributed by atoms with E-state index in [0.29, 0.717) is 0 Å². The van der Waals surface area contributed by atoms with Crippen molar-refractivity contribution in [3.05, 3.63) is 30.3 Å². The summed E-state index contributed by atoms with van der Waals surface area (Å²) in [6.45, 7) is 5.29. The van der Waals surface area contributed by atoms with Gasteiger partial charge in [0.15, 0.2) is 0 Å². The molecule has 3 heteroatoms. The fourth-order valence-corrected chi connectivity index (χ4v) is 2.69. The lowest BCUT2D eigenvalue weighted by Crippen LogP contribution is -2.48. The van der Waals surface area contributed by atoms with Crippen LogP contribution in [0.4, 0.5) is 5.69 Å². The van der Waals surface area contributed by atoms with Crippen LogP contribution < -0.4 is 4.90 Å². The molecule has 2 aliphatic rings. The molecule has 0 bridgehead atoms. The number of piperazine rings is 1. The van der Waals surface area contributed by atoms with Gasteiger partial charge in [0.05, 0.1) is 11.5 Å². The van der Waals surface area contributed by atoms with Crippen LogP contribution in [0.1, 0.15) is 12.8 Å². The van der Waals surface area contributed by atoms with Crippen LogP contribution in [-0.2, 0) is 0 Å². The Morgan fingerprint density at radius 3 is 2.28 bits per heavy atom. The fraction of sp³-hybridized carbons (Fsp3) is 0.533. The number of rotatable bonds is 3. The minimum atomic E-state index is 0.00885. The maximum atomic E-state index is 9.13. The molecule has 1 aromatic carbocycles. The van der Waals surface area contributed by atoms with Crippen molar-refractivity contribution in [2.24, 2.45) is 5.41 Å². The van der Waals surface area contributed by atoms with Crippen molar-refractivity contribution in [1.82, 2.24) is 4.90 Å². The molecule has 1 aliphatic carbocycles. The smallest absolute Gasteiger partial charge is 0.0703 e. The Balaban J connectivity index is 1.54. The van der Waals surface area contributed by atoms with E-state index in [2.05, 4.69) is 46.2 Å². The van der Waals surface area contributed by atoms with E-state index in [1.165, 1.54) is 5.69 Å². The zero-order chi connectivity index (χ0) is 12.4. The minimum absolute atomic E-state index is 0.00885. The van der Waals surface area contributed by atoms with E-state index in [1.54, 1.807) is 0 Å². The van der Waals surface area contributed by atoms with Gasteiger partial charge < -0.3 is 4.90 Å². The maximum absolute atomic E-state index is 9.13. The quantitative estimate of drug-likeness (QED) is 0.812. The van der Waals surface area contributed by atoms with Crippen LogP contribution in [0, 0.1) is 16.7 Å². The highest BCUT2D eigenvalue weighted by molar-refractivity contribution is 5.46. The van der Waals surface area contributed by atoms with E-state index in [0.717, 1.165) is 45.6 Å². The van der Waals surface area contributed by atoms with Gasteiger partial charge in [0.1, 0.15) is 0 Å². The predicted octanol–water partition coefficient (Wildman–Crippen LogP) is 2.11. The molecule has 3 nitrogen and oxygen atoms in total. The van der Waals surface area contributed by atoms with Crippen molar-refractivity contribution in [2.75, 3.05) is 37.6 Å². The molecule has 1 aliphatic heterocycles. The third-order valence-electron chi connectivity index (χ3n) is 4.11. The topological polar surface area (TPSA) is 30.3 Å². The molecule has 0 spiro atoms. The highest BCUT2D eigenvalue weighted by atomic mass is 15.3. The second kappa shape index (κ2) is 4.62. The lowest BCUT2D eigenvalue weighted by molar-refractivity contribution is 0.229. The summed E-state index contributed by atoms with van der Waals surface area (Å²) in [6.07, 6.45) is 2.20. The average molecular weight is 241 g/mol. The average Bonchev–Trinajstić information content (AvgIpc) is 3.21. The molecular weight excluding hydrogens is 222 g/mol. The minimum Gasteiger partial charge on any atom is -0.369 e. The van der Waals surface area contributed by atoms with Crippen molar-refractivity contribution < 1.29 is 0 Å². The number of nitrogens with zero attached hydrogens (tertiary/aromatic N) is 3. The number of anilines is 1. The summed E-state index contributed by atoms with van der Waals surface area (Å²) in [7, 11) is 0. The molecule has 3 rings (SSSR count). The molecule has 0 aromatic heterocycles. The summed E-state index contributed by atoms with van der Waals surface area (Å²) >= 11 is 0. The summed E-state index contributed by atoms with van der Waals surface area (Å²) in [5.74, 6) is 0. The third-order valence-corrected chi connectivity index (χ3v) is 4.11. The Morgan fingerprint density at radius 2 is 1.72 bits per heavy atom. The van der Waals surface area contributed by atoms with Crippen molar-refractivity contribution in [3.63, 3.8) is 0 Å². The molecule has 1 saturated carbocycles. The molecule has 0 radical (unpaired) electrons. The number of hydrogen-bond acceptors (Lipinski definition) is 3. The van der Waals surface area contributed by atoms with Gasteiger partial charge in [0.2, 0.25) is 0 Å². The zero-order valence-electron chi connectivity index (χ0n) is 10.7. The van der Waals surface area contributed by atoms with Crippen molar-refractivity contribution in [1.29, 1.82) is 5.26 Å². The van der Waals surface area contributed by atoms with Gasteiger partial charge in [-0.05, 0) is 25.0 Å². The Bertz CT molecular complexity index is 437. The van der Waals surface area contributed by atoms with Gasteiger partial charge in [-0.2, -0.15) is 5.26 Å². The van der Waals surface area contributed by atoms with Crippen LogP contribution in [0.5, 0.6) is 0 Å². The zero-order valence-corrected chi connectivity index (χ0v) is 10.7. The number of para-hydroxylation sites is 1. The predicted molar refractivity (Wildman–Crippen MR) is 72.4 cm³/mol. The summed E-state index contributed by atoms with van der Waals surface area (Å²) < 4.78 is 0. The fourth-order valence-electron chi connectivity index (χ4n) is 2.69. The summed E-state index contributed by atoms with van der Waals surface area (Å²) in [5, 5.41) is 9.13. The molecule has 0 N–H and O–H groups in total. The lowest BCUT2D eigenvalue weighted by Gasteiger charge is -2.36. The molecule has 0 unspecified atom stereocenters. The summed E-state index contributed by atoms with van der Waals surface area (Å²) in [5.41, 5.74) is 1.33. The molecule has 1 aromatic rings. The number of benzene rings is 1. The molecule has 94 valence electrons. The van der Waals surface area contributed by atoms with Crippen molar-refractivity contribution in [3.8, 4) is 6.07 Å². The first-order valence-electron chi connectivity index (χ1n) is 6.75. The normalized spacial score (nSPS) is 22.5. The van der Waals surface area contributed by atoms with Gasteiger partial charge in [-0.15, -0.1) is 0 Å². The van der Waals surface area contributed by atoms with E-state index in [9.17, 15) is 0 Å². The number of nitriles is 1. The second-order valence-electron chi connectivity index (χ2n) is 5.49. The van der Waals surface area contributed by atoms with Gasteiger partial charge >= 0.3 is 0 Å². The van der Waals surface area contributed by atoms with E-state index in [4.69, 9.17) is 5.26 Å². The van der Waals surface area contributed by atoms with Crippen LogP contribution >= 0.6 is 0 Å². The molecular formula is C15H19N3. The SMILES string of the molecule is N#CC1(CN2CCN(c3ccccc3)CC2)CC1. The molecule has 1 heterocycles. The highest BCUT2D eigenvalue weighted by Crippen LogP contribution is 2.45. The summed E-state index contributed by atoms with van der Waals surface area (Å²) in [4.78, 5) is 4.89. The van der Waals surface area contributed by atoms with Gasteiger partial charge in [-0.25, -0.2) is 0 Å². The van der Waals surface area contributed by atoms with Gasteiger partial charge in [0, 0.05) is 38.4 Å². The Labute approximate surface area is 109 Å². The standard InChI is InChI=1S/C15H19N3/c16-12-15(6-7-15)13-17-8-10-18(11-9-17)14-4-2-1-3-5-14/h1-5H,6-11,13H2. The van der Waals surface area contributed by atoms with Crippen LogP contribution in [-0.4, -0.2) is 37.6 Å². The first kappa shape index (κ1) is 11.6. The molecule has 2 fully saturated rings. The first-order valence-corrected chi connectivity index (χ1v) is 6.75. The van der Waals surface area contributed by atoms with Crippen LogP contribution in [0.25, 0.3) is 0 Å². The van der Waals surface area contributed by atoms with E-state index in [-0.39, 0.29) is 5.41 Å². The largest absolute Gasteiger partial charge is 0.369 e. The van der Waals surface area contributed by atoms with Gasteiger partial charge in [-0.3, -0.25) is 4.90 Å². The van der Waals surface area contributed by atoms with Crippen molar-refractivity contribution in [2.45, 2.75) is 12.8 Å². The third kappa shape index (κ3) is 2.34. The monoisotopic (exact) mass is 241 g/mol. The molecule has 18 heavy (non-hydrogen) atoms. The Kier molecular flexibility index (Phi) is 2.97. The highest BCUT2D eigenvalue weighted by Gasteiger charge is 2.44. The molecule has 0 atom stereocenters. The second-order valence-corrected chi connectivity index (χ2v) is 5.49. The molecule has 1 saturated heterocycles. The lowest BCUT2D eigenvalue weighted by atomic mass is 10.1. The van der Waals surface area contributed by atoms with Crippen LogP contribution in [0.15, 0.2) is 30.3 Å². The van der Waals surface area contributed by atoms with Crippen LogP contribution in [0.2, 0.25) is 0 Å². The molecule has 0 amide bonds. The first-order chi connectivity index (χ1) is 8.81. The van der Waals surface area contributed by atoms with E-state index < -0.39 is 0 Å². The van der Waals surface area contributed by atoms with Crippen molar-refractivity contribution >= 4 is 5.69 Å². The Morgan fingerprint density at radius 1 is 1.06 bits per heavy atom. The number of hydrogen-bond donors (Lipinski definition) is 0. The van der Waals surface area contributed by atoms with E-state index in [1.807, 2.05) is 0 Å². The maximum Gasteiger partial charge on any atom is 0.0703 e. The van der Waals surface area contributed by atoms with E-state index >= 15 is 0 Å². The summed E-state index contributed by atoms with van der Waals surface area (Å²) in [6, 6.07) is 13.1. The Hall–Kier alpha value is -1.53. The van der Waals surface area contributed by atoms with Gasteiger partial charge in [-0.1, -0.05) is 18.2 Å². The van der Waals surface area contributed by atoms with Gasteiger partial charge in [0.25, 0.3) is 0 Å². The van der Waals surface area contributed by atoms with Crippen LogP contribution in [0.3, 0.4) is 0 Å².